The Kier molecular flexibility index (Phi) is 5.85. The highest BCUT2D eigenvalue weighted by atomic mass is 16.5. The molecule has 0 aliphatic carbocycles. The van der Waals surface area contributed by atoms with Gasteiger partial charge >= 0.3 is 5.69 Å². The zero-order chi connectivity index (χ0) is 18.5. The second-order valence-electron chi connectivity index (χ2n) is 6.60. The van der Waals surface area contributed by atoms with E-state index in [9.17, 15) is 4.79 Å². The summed E-state index contributed by atoms with van der Waals surface area (Å²) < 4.78 is 8.58. The standard InChI is InChI=1S/C20H26N4O2/c1-22-18-9-8-16(13-19(18)23(2)20(22)25)14-24(11-6-12-26-3)15-17-7-4-5-10-21-17/h4-5,7-10,13H,6,11-12,14-15H2,1-3H3. The van der Waals surface area contributed by atoms with Crippen molar-refractivity contribution in [1.29, 1.82) is 0 Å². The summed E-state index contributed by atoms with van der Waals surface area (Å²) in [6, 6.07) is 12.2. The summed E-state index contributed by atoms with van der Waals surface area (Å²) in [6.07, 6.45) is 2.80. The molecule has 0 spiro atoms. The number of pyridine rings is 1. The van der Waals surface area contributed by atoms with Crippen molar-refractivity contribution in [2.45, 2.75) is 19.5 Å². The van der Waals surface area contributed by atoms with E-state index in [1.807, 2.05) is 44.6 Å². The number of methoxy groups -OCH3 is 1. The topological polar surface area (TPSA) is 52.3 Å². The van der Waals surface area contributed by atoms with Crippen LogP contribution in [0.2, 0.25) is 0 Å². The molecule has 0 saturated heterocycles. The number of aromatic nitrogens is 3. The SMILES string of the molecule is COCCCN(Cc1ccc2c(c1)n(C)c(=O)n2C)Cc1ccccn1. The zero-order valence-corrected chi connectivity index (χ0v) is 15.7. The number of ether oxygens (including phenoxy) is 1. The van der Waals surface area contributed by atoms with Crippen molar-refractivity contribution in [3.05, 3.63) is 64.3 Å². The quantitative estimate of drug-likeness (QED) is 0.583. The highest BCUT2D eigenvalue weighted by Crippen LogP contribution is 2.16. The van der Waals surface area contributed by atoms with E-state index in [1.54, 1.807) is 16.2 Å². The Labute approximate surface area is 153 Å². The molecule has 0 saturated carbocycles. The minimum absolute atomic E-state index is 0.00239. The van der Waals surface area contributed by atoms with E-state index in [1.165, 1.54) is 5.56 Å². The number of benzene rings is 1. The number of nitrogens with zero attached hydrogens (tertiary/aromatic N) is 4. The summed E-state index contributed by atoms with van der Waals surface area (Å²) in [5.74, 6) is 0. The van der Waals surface area contributed by atoms with Gasteiger partial charge in [-0.15, -0.1) is 0 Å². The van der Waals surface area contributed by atoms with Crippen molar-refractivity contribution in [2.75, 3.05) is 20.3 Å². The van der Waals surface area contributed by atoms with Gasteiger partial charge in [0.1, 0.15) is 0 Å². The lowest BCUT2D eigenvalue weighted by Gasteiger charge is -2.22. The van der Waals surface area contributed by atoms with E-state index >= 15 is 0 Å². The van der Waals surface area contributed by atoms with Crippen LogP contribution in [0.3, 0.4) is 0 Å². The van der Waals surface area contributed by atoms with Crippen LogP contribution in [0.4, 0.5) is 0 Å². The van der Waals surface area contributed by atoms with Crippen LogP contribution in [0.25, 0.3) is 11.0 Å². The zero-order valence-electron chi connectivity index (χ0n) is 15.7. The van der Waals surface area contributed by atoms with E-state index in [0.29, 0.717) is 0 Å². The molecule has 0 radical (unpaired) electrons. The largest absolute Gasteiger partial charge is 0.385 e. The van der Waals surface area contributed by atoms with Crippen LogP contribution in [-0.2, 0) is 31.9 Å². The van der Waals surface area contributed by atoms with E-state index in [0.717, 1.165) is 49.4 Å². The molecule has 0 aliphatic rings. The van der Waals surface area contributed by atoms with Crippen molar-refractivity contribution < 1.29 is 4.74 Å². The Hall–Kier alpha value is -2.44. The van der Waals surface area contributed by atoms with Gasteiger partial charge in [0.25, 0.3) is 0 Å². The number of imidazole rings is 1. The molecule has 0 N–H and O–H groups in total. The van der Waals surface area contributed by atoms with Gasteiger partial charge in [-0.3, -0.25) is 19.0 Å². The average Bonchev–Trinajstić information content (AvgIpc) is 2.87. The van der Waals surface area contributed by atoms with Gasteiger partial charge in [0.15, 0.2) is 0 Å². The van der Waals surface area contributed by atoms with Gasteiger partial charge in [-0.2, -0.15) is 0 Å². The molecule has 3 rings (SSSR count). The Morgan fingerprint density at radius 3 is 2.62 bits per heavy atom. The Balaban J connectivity index is 1.82. The second-order valence-corrected chi connectivity index (χ2v) is 6.60. The smallest absolute Gasteiger partial charge is 0.328 e. The molecule has 2 heterocycles. The Morgan fingerprint density at radius 1 is 1.08 bits per heavy atom. The molecule has 3 aromatic rings. The maximum absolute atomic E-state index is 12.1. The lowest BCUT2D eigenvalue weighted by atomic mass is 10.1. The van der Waals surface area contributed by atoms with Crippen LogP contribution in [0.5, 0.6) is 0 Å². The summed E-state index contributed by atoms with van der Waals surface area (Å²) in [5.41, 5.74) is 4.16. The van der Waals surface area contributed by atoms with Gasteiger partial charge in [-0.25, -0.2) is 4.79 Å². The highest BCUT2D eigenvalue weighted by Gasteiger charge is 2.11. The molecule has 6 nitrogen and oxygen atoms in total. The van der Waals surface area contributed by atoms with E-state index in [4.69, 9.17) is 4.74 Å². The first-order chi connectivity index (χ1) is 12.6. The summed E-state index contributed by atoms with van der Waals surface area (Å²) in [4.78, 5) is 18.9. The van der Waals surface area contributed by atoms with E-state index in [2.05, 4.69) is 22.0 Å². The molecule has 0 unspecified atom stereocenters. The molecule has 2 aromatic heterocycles. The van der Waals surface area contributed by atoms with Gasteiger partial charge in [-0.1, -0.05) is 12.1 Å². The minimum Gasteiger partial charge on any atom is -0.385 e. The maximum atomic E-state index is 12.1. The monoisotopic (exact) mass is 354 g/mol. The minimum atomic E-state index is 0.00239. The fourth-order valence-corrected chi connectivity index (χ4v) is 3.28. The van der Waals surface area contributed by atoms with Gasteiger partial charge in [0, 0.05) is 53.6 Å². The van der Waals surface area contributed by atoms with Crippen LogP contribution >= 0.6 is 0 Å². The number of aryl methyl sites for hydroxylation is 2. The molecule has 0 bridgehead atoms. The molecular weight excluding hydrogens is 328 g/mol. The number of rotatable bonds is 8. The molecule has 0 amide bonds. The molecule has 0 aliphatic heterocycles. The second kappa shape index (κ2) is 8.29. The van der Waals surface area contributed by atoms with Crippen molar-refractivity contribution in [3.63, 3.8) is 0 Å². The first-order valence-corrected chi connectivity index (χ1v) is 8.85. The predicted octanol–water partition coefficient (Wildman–Crippen LogP) is 2.31. The highest BCUT2D eigenvalue weighted by molar-refractivity contribution is 5.76. The summed E-state index contributed by atoms with van der Waals surface area (Å²) in [6.45, 7) is 3.26. The number of fused-ring (bicyclic) bond motifs is 1. The third-order valence-electron chi connectivity index (χ3n) is 4.68. The lowest BCUT2D eigenvalue weighted by Crippen LogP contribution is -2.25. The van der Waals surface area contributed by atoms with Crippen molar-refractivity contribution >= 4 is 11.0 Å². The van der Waals surface area contributed by atoms with Crippen molar-refractivity contribution in [2.24, 2.45) is 14.1 Å². The molecule has 1 aromatic carbocycles. The van der Waals surface area contributed by atoms with Crippen LogP contribution in [-0.4, -0.2) is 39.3 Å². The first kappa shape index (κ1) is 18.4. The summed E-state index contributed by atoms with van der Waals surface area (Å²) in [7, 11) is 5.36. The van der Waals surface area contributed by atoms with Crippen LogP contribution in [0.1, 0.15) is 17.7 Å². The Bertz CT molecular complexity index is 915. The molecule has 0 fully saturated rings. The van der Waals surface area contributed by atoms with Gasteiger partial charge in [-0.05, 0) is 36.2 Å². The Morgan fingerprint density at radius 2 is 1.88 bits per heavy atom. The third kappa shape index (κ3) is 4.03. The van der Waals surface area contributed by atoms with Crippen LogP contribution in [0.15, 0.2) is 47.4 Å². The van der Waals surface area contributed by atoms with E-state index < -0.39 is 0 Å². The predicted molar refractivity (Wildman–Crippen MR) is 103 cm³/mol. The molecule has 26 heavy (non-hydrogen) atoms. The lowest BCUT2D eigenvalue weighted by molar-refractivity contribution is 0.166. The summed E-state index contributed by atoms with van der Waals surface area (Å²) >= 11 is 0. The normalized spacial score (nSPS) is 11.5. The van der Waals surface area contributed by atoms with Crippen LogP contribution in [0, 0.1) is 0 Å². The molecule has 138 valence electrons. The molecule has 6 heteroatoms. The first-order valence-electron chi connectivity index (χ1n) is 8.85. The number of hydrogen-bond acceptors (Lipinski definition) is 4. The third-order valence-corrected chi connectivity index (χ3v) is 4.68. The average molecular weight is 354 g/mol. The van der Waals surface area contributed by atoms with E-state index in [-0.39, 0.29) is 5.69 Å². The van der Waals surface area contributed by atoms with Gasteiger partial charge < -0.3 is 4.74 Å². The molecule has 0 atom stereocenters. The number of hydrogen-bond donors (Lipinski definition) is 0. The van der Waals surface area contributed by atoms with Gasteiger partial charge in [0.2, 0.25) is 0 Å². The van der Waals surface area contributed by atoms with Crippen molar-refractivity contribution in [1.82, 2.24) is 19.0 Å². The fourth-order valence-electron chi connectivity index (χ4n) is 3.28. The van der Waals surface area contributed by atoms with Crippen molar-refractivity contribution in [3.8, 4) is 0 Å². The fraction of sp³-hybridized carbons (Fsp3) is 0.400. The summed E-state index contributed by atoms with van der Waals surface area (Å²) in [5, 5.41) is 0. The van der Waals surface area contributed by atoms with Gasteiger partial charge in [0.05, 0.1) is 16.7 Å². The maximum Gasteiger partial charge on any atom is 0.328 e. The van der Waals surface area contributed by atoms with Crippen LogP contribution < -0.4 is 5.69 Å². The molecular formula is C20H26N4O2.